The Labute approximate surface area is 185 Å². The first-order valence-corrected chi connectivity index (χ1v) is 11.2. The molecule has 30 heavy (non-hydrogen) atoms. The summed E-state index contributed by atoms with van der Waals surface area (Å²) in [4.78, 5) is 18.1. The van der Waals surface area contributed by atoms with E-state index in [1.54, 1.807) is 17.4 Å². The third kappa shape index (κ3) is 4.27. The second-order valence-electron chi connectivity index (χ2n) is 6.93. The maximum Gasteiger partial charge on any atom is 0.280 e. The van der Waals surface area contributed by atoms with Crippen molar-refractivity contribution >= 4 is 56.1 Å². The first-order valence-electron chi connectivity index (χ1n) is 9.52. The SMILES string of the molecule is C/C(=N/OCC(=O)N/N=C/c1c(O)c(Br)cc2oc3c(c12)CCCC3)c1cccs1. The number of phenolic OH excluding ortho intramolecular Hbond substituents is 1. The average molecular weight is 490 g/mol. The molecule has 2 heterocycles. The van der Waals surface area contributed by atoms with Crippen molar-refractivity contribution < 1.29 is 19.2 Å². The lowest BCUT2D eigenvalue weighted by Gasteiger charge is -2.10. The molecule has 0 unspecified atom stereocenters. The van der Waals surface area contributed by atoms with Gasteiger partial charge in [0.05, 0.1) is 21.3 Å². The van der Waals surface area contributed by atoms with Crippen LogP contribution in [0.5, 0.6) is 5.75 Å². The van der Waals surface area contributed by atoms with E-state index in [-0.39, 0.29) is 12.4 Å². The summed E-state index contributed by atoms with van der Waals surface area (Å²) in [5.41, 5.74) is 5.42. The minimum atomic E-state index is -0.450. The number of furan rings is 1. The molecule has 0 saturated carbocycles. The van der Waals surface area contributed by atoms with E-state index in [0.717, 1.165) is 47.3 Å². The molecule has 9 heteroatoms. The Morgan fingerprint density at radius 3 is 3.07 bits per heavy atom. The summed E-state index contributed by atoms with van der Waals surface area (Å²) in [5, 5.41) is 21.3. The second-order valence-corrected chi connectivity index (χ2v) is 8.73. The Hall–Kier alpha value is -2.65. The predicted octanol–water partition coefficient (Wildman–Crippen LogP) is 4.73. The smallest absolute Gasteiger partial charge is 0.280 e. The van der Waals surface area contributed by atoms with E-state index < -0.39 is 5.91 Å². The van der Waals surface area contributed by atoms with Gasteiger partial charge in [0.25, 0.3) is 5.91 Å². The maximum atomic E-state index is 12.0. The zero-order chi connectivity index (χ0) is 21.1. The van der Waals surface area contributed by atoms with Crippen molar-refractivity contribution in [3.05, 3.63) is 49.8 Å². The van der Waals surface area contributed by atoms with Crippen molar-refractivity contribution in [3.8, 4) is 5.75 Å². The summed E-state index contributed by atoms with van der Waals surface area (Å²) in [5.74, 6) is 0.566. The molecule has 7 nitrogen and oxygen atoms in total. The summed E-state index contributed by atoms with van der Waals surface area (Å²) in [6, 6.07) is 5.61. The fourth-order valence-electron chi connectivity index (χ4n) is 3.46. The number of hydrogen-bond acceptors (Lipinski definition) is 7. The normalized spacial score (nSPS) is 14.3. The molecule has 1 aliphatic carbocycles. The number of carbonyl (C=O) groups excluding carboxylic acids is 1. The van der Waals surface area contributed by atoms with Crippen molar-refractivity contribution in [1.29, 1.82) is 0 Å². The fourth-order valence-corrected chi connectivity index (χ4v) is 4.55. The number of amides is 1. The second kappa shape index (κ2) is 9.01. The molecule has 1 aromatic carbocycles. The van der Waals surface area contributed by atoms with Gasteiger partial charge in [0.15, 0.2) is 6.61 Å². The summed E-state index contributed by atoms with van der Waals surface area (Å²) >= 11 is 4.90. The van der Waals surface area contributed by atoms with Crippen LogP contribution in [0.15, 0.2) is 42.7 Å². The van der Waals surface area contributed by atoms with Gasteiger partial charge in [-0.2, -0.15) is 5.10 Å². The number of hydrazone groups is 1. The van der Waals surface area contributed by atoms with Crippen molar-refractivity contribution in [2.24, 2.45) is 10.3 Å². The molecule has 0 atom stereocenters. The highest BCUT2D eigenvalue weighted by atomic mass is 79.9. The van der Waals surface area contributed by atoms with Crippen LogP contribution in [0.1, 0.15) is 41.5 Å². The molecule has 0 aliphatic heterocycles. The van der Waals surface area contributed by atoms with Gasteiger partial charge in [-0.05, 0) is 59.6 Å². The van der Waals surface area contributed by atoms with Crippen LogP contribution in [-0.2, 0) is 22.5 Å². The van der Waals surface area contributed by atoms with Crippen LogP contribution in [0.2, 0.25) is 0 Å². The minimum Gasteiger partial charge on any atom is -0.506 e. The van der Waals surface area contributed by atoms with Gasteiger partial charge in [-0.1, -0.05) is 11.2 Å². The topological polar surface area (TPSA) is 96.4 Å². The van der Waals surface area contributed by atoms with Crippen LogP contribution in [0.3, 0.4) is 0 Å². The molecule has 3 aromatic rings. The van der Waals surface area contributed by atoms with Crippen molar-refractivity contribution in [1.82, 2.24) is 5.43 Å². The number of carbonyl (C=O) groups is 1. The maximum absolute atomic E-state index is 12.0. The summed E-state index contributed by atoms with van der Waals surface area (Å²) in [7, 11) is 0. The first-order chi connectivity index (χ1) is 14.5. The molecule has 1 amide bonds. The number of nitrogens with zero attached hydrogens (tertiary/aromatic N) is 2. The number of phenols is 1. The van der Waals surface area contributed by atoms with Crippen molar-refractivity contribution in [2.75, 3.05) is 6.61 Å². The first kappa shape index (κ1) is 20.6. The number of hydrogen-bond donors (Lipinski definition) is 2. The molecule has 0 fully saturated rings. The third-order valence-electron chi connectivity index (χ3n) is 4.86. The fraction of sp³-hybridized carbons (Fsp3) is 0.286. The Balaban J connectivity index is 1.46. The molecule has 0 radical (unpaired) electrons. The zero-order valence-corrected chi connectivity index (χ0v) is 18.7. The van der Waals surface area contributed by atoms with E-state index >= 15 is 0 Å². The Morgan fingerprint density at radius 1 is 1.43 bits per heavy atom. The molecule has 156 valence electrons. The van der Waals surface area contributed by atoms with Gasteiger partial charge >= 0.3 is 0 Å². The standard InChI is InChI=1S/C21H20BrN3O4S/c1-12(18-7-4-8-30-18)25-28-11-19(26)24-23-10-14-20-13-5-2-3-6-16(13)29-17(20)9-15(22)21(14)27/h4,7-10,27H,2-3,5-6,11H2,1H3,(H,24,26)/b23-10+,25-12-. The number of benzene rings is 1. The third-order valence-corrected chi connectivity index (χ3v) is 6.45. The number of aromatic hydroxyl groups is 1. The highest BCUT2D eigenvalue weighted by molar-refractivity contribution is 9.10. The highest BCUT2D eigenvalue weighted by Gasteiger charge is 2.22. The number of oxime groups is 1. The Morgan fingerprint density at radius 2 is 2.27 bits per heavy atom. The number of aryl methyl sites for hydroxylation is 2. The van der Waals surface area contributed by atoms with Crippen molar-refractivity contribution in [2.45, 2.75) is 32.6 Å². The average Bonchev–Trinajstić information content (AvgIpc) is 3.38. The molecule has 0 bridgehead atoms. The number of halogens is 1. The van der Waals surface area contributed by atoms with Gasteiger partial charge < -0.3 is 14.4 Å². The molecule has 2 aromatic heterocycles. The van der Waals surface area contributed by atoms with Crippen LogP contribution in [0.25, 0.3) is 11.0 Å². The molecule has 0 saturated heterocycles. The summed E-state index contributed by atoms with van der Waals surface area (Å²) in [6.45, 7) is 1.55. The van der Waals surface area contributed by atoms with Crippen LogP contribution >= 0.6 is 27.3 Å². The van der Waals surface area contributed by atoms with E-state index in [1.807, 2.05) is 24.4 Å². The number of fused-ring (bicyclic) bond motifs is 3. The number of rotatable bonds is 6. The number of thiophene rings is 1. The van der Waals surface area contributed by atoms with Crippen LogP contribution in [0.4, 0.5) is 0 Å². The summed E-state index contributed by atoms with van der Waals surface area (Å²) in [6.07, 6.45) is 5.39. The number of nitrogens with one attached hydrogen (secondary N) is 1. The van der Waals surface area contributed by atoms with E-state index in [4.69, 9.17) is 9.25 Å². The van der Waals surface area contributed by atoms with Gasteiger partial charge in [0.2, 0.25) is 0 Å². The lowest BCUT2D eigenvalue weighted by molar-refractivity contribution is -0.125. The molecule has 2 N–H and O–H groups in total. The lowest BCUT2D eigenvalue weighted by Crippen LogP contribution is -2.22. The Bertz CT molecular complexity index is 1140. The van der Waals surface area contributed by atoms with E-state index in [2.05, 4.69) is 31.6 Å². The highest BCUT2D eigenvalue weighted by Crippen LogP contribution is 2.40. The predicted molar refractivity (Wildman–Crippen MR) is 120 cm³/mol. The zero-order valence-electron chi connectivity index (χ0n) is 16.3. The van der Waals surface area contributed by atoms with Crippen molar-refractivity contribution in [3.63, 3.8) is 0 Å². The minimum absolute atomic E-state index is 0.0575. The molecule has 1 aliphatic rings. The molecule has 4 rings (SSSR count). The monoisotopic (exact) mass is 489 g/mol. The van der Waals surface area contributed by atoms with E-state index in [0.29, 0.717) is 21.3 Å². The van der Waals surface area contributed by atoms with Gasteiger partial charge in [-0.25, -0.2) is 5.43 Å². The van der Waals surface area contributed by atoms with Crippen LogP contribution in [0, 0.1) is 0 Å². The van der Waals surface area contributed by atoms with E-state index in [9.17, 15) is 9.90 Å². The molecular formula is C21H20BrN3O4S. The van der Waals surface area contributed by atoms with Gasteiger partial charge in [-0.3, -0.25) is 4.79 Å². The molecular weight excluding hydrogens is 470 g/mol. The van der Waals surface area contributed by atoms with Gasteiger partial charge in [0, 0.05) is 22.9 Å². The van der Waals surface area contributed by atoms with Gasteiger partial charge in [0.1, 0.15) is 17.1 Å². The van der Waals surface area contributed by atoms with Gasteiger partial charge in [-0.15, -0.1) is 11.3 Å². The van der Waals surface area contributed by atoms with Crippen LogP contribution in [-0.4, -0.2) is 29.5 Å². The van der Waals surface area contributed by atoms with E-state index in [1.165, 1.54) is 6.21 Å². The molecule has 0 spiro atoms. The Kier molecular flexibility index (Phi) is 6.19. The largest absolute Gasteiger partial charge is 0.506 e. The lowest BCUT2D eigenvalue weighted by atomic mass is 9.94. The quantitative estimate of drug-likeness (QED) is 0.386. The summed E-state index contributed by atoms with van der Waals surface area (Å²) < 4.78 is 6.49. The van der Waals surface area contributed by atoms with Crippen LogP contribution < -0.4 is 5.43 Å².